The molecule has 0 spiro atoms. The van der Waals surface area contributed by atoms with E-state index in [4.69, 9.17) is 10.5 Å². The van der Waals surface area contributed by atoms with Crippen LogP contribution < -0.4 is 5.73 Å². The van der Waals surface area contributed by atoms with Crippen LogP contribution in [0.25, 0.3) is 0 Å². The molecule has 1 fully saturated rings. The summed E-state index contributed by atoms with van der Waals surface area (Å²) >= 11 is 0. The highest BCUT2D eigenvalue weighted by molar-refractivity contribution is 5.80. The summed E-state index contributed by atoms with van der Waals surface area (Å²) in [4.78, 5) is 6.64. The predicted octanol–water partition coefficient (Wildman–Crippen LogP) is 1.22. The summed E-state index contributed by atoms with van der Waals surface area (Å²) < 4.78 is 5.48. The standard InChI is InChI=1S/C14H19N3O/c15-14-16-8-13(12-6-7-18-10-12)17(14)9-11-4-2-1-3-5-11/h1-5,12-13H,6-10H2,(H2,15,16). The van der Waals surface area contributed by atoms with Gasteiger partial charge in [-0.2, -0.15) is 0 Å². The second-order valence-corrected chi connectivity index (χ2v) is 5.00. The van der Waals surface area contributed by atoms with E-state index in [0.29, 0.717) is 17.9 Å². The Balaban J connectivity index is 1.73. The lowest BCUT2D eigenvalue weighted by molar-refractivity contribution is 0.162. The van der Waals surface area contributed by atoms with Crippen LogP contribution in [-0.2, 0) is 11.3 Å². The summed E-state index contributed by atoms with van der Waals surface area (Å²) in [5, 5.41) is 0. The number of rotatable bonds is 3. The van der Waals surface area contributed by atoms with Crippen LogP contribution >= 0.6 is 0 Å². The van der Waals surface area contributed by atoms with Crippen molar-refractivity contribution in [3.63, 3.8) is 0 Å². The Bertz CT molecular complexity index is 426. The van der Waals surface area contributed by atoms with Crippen molar-refractivity contribution in [2.24, 2.45) is 16.6 Å². The summed E-state index contributed by atoms with van der Waals surface area (Å²) in [6.45, 7) is 3.38. The van der Waals surface area contributed by atoms with Crippen LogP contribution in [0, 0.1) is 5.92 Å². The molecule has 2 unspecified atom stereocenters. The molecule has 4 heteroatoms. The summed E-state index contributed by atoms with van der Waals surface area (Å²) in [5.74, 6) is 1.24. The third-order valence-electron chi connectivity index (χ3n) is 3.84. The molecular weight excluding hydrogens is 226 g/mol. The normalized spacial score (nSPS) is 27.6. The molecule has 1 aromatic carbocycles. The first-order valence-corrected chi connectivity index (χ1v) is 6.53. The number of guanidine groups is 1. The van der Waals surface area contributed by atoms with Crippen molar-refractivity contribution in [2.45, 2.75) is 19.0 Å². The Morgan fingerprint density at radius 1 is 1.33 bits per heavy atom. The number of hydrogen-bond donors (Lipinski definition) is 1. The fourth-order valence-corrected chi connectivity index (χ4v) is 2.78. The predicted molar refractivity (Wildman–Crippen MR) is 71.2 cm³/mol. The van der Waals surface area contributed by atoms with Gasteiger partial charge in [0.05, 0.1) is 19.2 Å². The minimum atomic E-state index is 0.410. The highest BCUT2D eigenvalue weighted by Gasteiger charge is 2.34. The van der Waals surface area contributed by atoms with E-state index in [2.05, 4.69) is 34.2 Å². The minimum Gasteiger partial charge on any atom is -0.381 e. The van der Waals surface area contributed by atoms with Gasteiger partial charge in [0.2, 0.25) is 0 Å². The maximum Gasteiger partial charge on any atom is 0.191 e. The molecule has 0 aromatic heterocycles. The Morgan fingerprint density at radius 2 is 2.17 bits per heavy atom. The number of nitrogens with two attached hydrogens (primary N) is 1. The zero-order valence-corrected chi connectivity index (χ0v) is 10.5. The molecule has 2 aliphatic rings. The average molecular weight is 245 g/mol. The van der Waals surface area contributed by atoms with E-state index in [1.807, 2.05) is 6.07 Å². The highest BCUT2D eigenvalue weighted by atomic mass is 16.5. The lowest BCUT2D eigenvalue weighted by Gasteiger charge is -2.29. The van der Waals surface area contributed by atoms with Gasteiger partial charge in [0.25, 0.3) is 0 Å². The Morgan fingerprint density at radius 3 is 2.89 bits per heavy atom. The fourth-order valence-electron chi connectivity index (χ4n) is 2.78. The Hall–Kier alpha value is -1.55. The number of benzene rings is 1. The second-order valence-electron chi connectivity index (χ2n) is 5.00. The summed E-state index contributed by atoms with van der Waals surface area (Å²) in [6, 6.07) is 10.8. The lowest BCUT2D eigenvalue weighted by Crippen LogP contribution is -2.44. The van der Waals surface area contributed by atoms with Gasteiger partial charge < -0.3 is 15.4 Å². The molecule has 4 nitrogen and oxygen atoms in total. The smallest absolute Gasteiger partial charge is 0.191 e. The van der Waals surface area contributed by atoms with Gasteiger partial charge in [0.1, 0.15) is 0 Å². The van der Waals surface area contributed by atoms with E-state index in [1.165, 1.54) is 5.56 Å². The van der Waals surface area contributed by atoms with E-state index >= 15 is 0 Å². The molecule has 2 N–H and O–H groups in total. The van der Waals surface area contributed by atoms with Gasteiger partial charge in [0.15, 0.2) is 5.96 Å². The van der Waals surface area contributed by atoms with Crippen molar-refractivity contribution < 1.29 is 4.74 Å². The molecule has 1 saturated heterocycles. The molecule has 18 heavy (non-hydrogen) atoms. The summed E-state index contributed by atoms with van der Waals surface area (Å²) in [5.41, 5.74) is 7.30. The number of nitrogens with zero attached hydrogens (tertiary/aromatic N) is 2. The van der Waals surface area contributed by atoms with Crippen molar-refractivity contribution in [3.05, 3.63) is 35.9 Å². The molecule has 0 amide bonds. The SMILES string of the molecule is NC1=NCC(C2CCOC2)N1Cc1ccccc1. The van der Waals surface area contributed by atoms with Crippen LogP contribution in [-0.4, -0.2) is 36.7 Å². The van der Waals surface area contributed by atoms with Crippen LogP contribution in [0.3, 0.4) is 0 Å². The summed E-state index contributed by atoms with van der Waals surface area (Å²) in [6.07, 6.45) is 1.12. The molecule has 2 aliphatic heterocycles. The lowest BCUT2D eigenvalue weighted by atomic mass is 9.98. The molecule has 1 aromatic rings. The summed E-state index contributed by atoms with van der Waals surface area (Å²) in [7, 11) is 0. The second kappa shape index (κ2) is 4.98. The van der Waals surface area contributed by atoms with Gasteiger partial charge in [0, 0.05) is 19.1 Å². The Kier molecular flexibility index (Phi) is 3.19. The topological polar surface area (TPSA) is 50.9 Å². The third-order valence-corrected chi connectivity index (χ3v) is 3.84. The van der Waals surface area contributed by atoms with Crippen LogP contribution in [0.5, 0.6) is 0 Å². The van der Waals surface area contributed by atoms with Crippen LogP contribution in [0.15, 0.2) is 35.3 Å². The van der Waals surface area contributed by atoms with E-state index in [0.717, 1.165) is 32.7 Å². The molecule has 96 valence electrons. The first-order valence-electron chi connectivity index (χ1n) is 6.53. The van der Waals surface area contributed by atoms with Crippen molar-refractivity contribution in [3.8, 4) is 0 Å². The largest absolute Gasteiger partial charge is 0.381 e. The van der Waals surface area contributed by atoms with E-state index < -0.39 is 0 Å². The van der Waals surface area contributed by atoms with Crippen molar-refractivity contribution in [2.75, 3.05) is 19.8 Å². The molecule has 0 bridgehead atoms. The molecule has 3 rings (SSSR count). The van der Waals surface area contributed by atoms with E-state index in [9.17, 15) is 0 Å². The van der Waals surface area contributed by atoms with E-state index in [1.54, 1.807) is 0 Å². The maximum atomic E-state index is 6.02. The minimum absolute atomic E-state index is 0.410. The van der Waals surface area contributed by atoms with Crippen LogP contribution in [0.1, 0.15) is 12.0 Å². The van der Waals surface area contributed by atoms with Gasteiger partial charge in [-0.1, -0.05) is 30.3 Å². The van der Waals surface area contributed by atoms with Crippen molar-refractivity contribution in [1.82, 2.24) is 4.90 Å². The van der Waals surface area contributed by atoms with Gasteiger partial charge in [-0.25, -0.2) is 0 Å². The first kappa shape index (κ1) is 11.5. The molecule has 2 atom stereocenters. The highest BCUT2D eigenvalue weighted by Crippen LogP contribution is 2.25. The molecule has 2 heterocycles. The molecular formula is C14H19N3O. The van der Waals surface area contributed by atoms with Gasteiger partial charge in [-0.15, -0.1) is 0 Å². The van der Waals surface area contributed by atoms with Gasteiger partial charge in [-0.3, -0.25) is 4.99 Å². The Labute approximate surface area is 107 Å². The van der Waals surface area contributed by atoms with Crippen molar-refractivity contribution >= 4 is 5.96 Å². The fraction of sp³-hybridized carbons (Fsp3) is 0.500. The monoisotopic (exact) mass is 245 g/mol. The zero-order chi connectivity index (χ0) is 12.4. The third kappa shape index (κ3) is 2.20. The molecule has 0 saturated carbocycles. The van der Waals surface area contributed by atoms with Crippen LogP contribution in [0.2, 0.25) is 0 Å². The van der Waals surface area contributed by atoms with Crippen LogP contribution in [0.4, 0.5) is 0 Å². The van der Waals surface area contributed by atoms with Gasteiger partial charge in [-0.05, 0) is 12.0 Å². The van der Waals surface area contributed by atoms with E-state index in [-0.39, 0.29) is 0 Å². The number of hydrogen-bond acceptors (Lipinski definition) is 4. The average Bonchev–Trinajstić information content (AvgIpc) is 3.02. The van der Waals surface area contributed by atoms with Crippen molar-refractivity contribution in [1.29, 1.82) is 0 Å². The maximum absolute atomic E-state index is 6.02. The zero-order valence-electron chi connectivity index (χ0n) is 10.5. The molecule has 0 aliphatic carbocycles. The number of aliphatic imine (C=N–C) groups is 1. The quantitative estimate of drug-likeness (QED) is 0.871. The molecule has 0 radical (unpaired) electrons. The van der Waals surface area contributed by atoms with Gasteiger partial charge >= 0.3 is 0 Å². The first-order chi connectivity index (χ1) is 8.84. The number of ether oxygens (including phenoxy) is 1.